The van der Waals surface area contributed by atoms with Crippen LogP contribution in [0.3, 0.4) is 0 Å². The molecule has 30 heavy (non-hydrogen) atoms. The molecule has 4 rings (SSSR count). The summed E-state index contributed by atoms with van der Waals surface area (Å²) in [5, 5.41) is 2.48. The predicted molar refractivity (Wildman–Crippen MR) is 122 cm³/mol. The summed E-state index contributed by atoms with van der Waals surface area (Å²) < 4.78 is 25.6. The van der Waals surface area contributed by atoms with Gasteiger partial charge < -0.3 is 18.6 Å². The molecule has 2 fully saturated rings. The fourth-order valence-corrected chi connectivity index (χ4v) is 9.57. The van der Waals surface area contributed by atoms with Crippen LogP contribution in [-0.2, 0) is 18.6 Å². The first-order valence-electron chi connectivity index (χ1n) is 10.9. The van der Waals surface area contributed by atoms with Crippen molar-refractivity contribution in [1.82, 2.24) is 0 Å². The Bertz CT molecular complexity index is 807. The fraction of sp³-hybridized carbons (Fsp3) is 0.520. The van der Waals surface area contributed by atoms with Crippen LogP contribution in [0.2, 0.25) is 5.04 Å². The van der Waals surface area contributed by atoms with Gasteiger partial charge in [0, 0.05) is 0 Å². The molecule has 5 heteroatoms. The van der Waals surface area contributed by atoms with Gasteiger partial charge in [0.2, 0.25) is 0 Å². The lowest BCUT2D eigenvalue weighted by Crippen LogP contribution is -2.67. The molecule has 0 bridgehead atoms. The van der Waals surface area contributed by atoms with Gasteiger partial charge in [-0.1, -0.05) is 81.4 Å². The summed E-state index contributed by atoms with van der Waals surface area (Å²) in [4.78, 5) is 0. The summed E-state index contributed by atoms with van der Waals surface area (Å²) >= 11 is 0. The fourth-order valence-electron chi connectivity index (χ4n) is 5.00. The zero-order valence-electron chi connectivity index (χ0n) is 18.9. The smallest absolute Gasteiger partial charge is 0.261 e. The molecule has 2 aliphatic rings. The Balaban J connectivity index is 1.69. The second-order valence-corrected chi connectivity index (χ2v) is 14.2. The molecule has 0 aliphatic carbocycles. The summed E-state index contributed by atoms with van der Waals surface area (Å²) in [5.74, 6) is -0.580. The van der Waals surface area contributed by atoms with Crippen LogP contribution in [0.1, 0.15) is 41.5 Å². The molecule has 2 aliphatic heterocycles. The molecule has 0 N–H and O–H groups in total. The normalized spacial score (nSPS) is 28.5. The van der Waals surface area contributed by atoms with Gasteiger partial charge in [-0.05, 0) is 36.2 Å². The second-order valence-electron chi connectivity index (χ2n) is 9.92. The minimum atomic E-state index is -2.59. The largest absolute Gasteiger partial charge is 0.405 e. The van der Waals surface area contributed by atoms with Gasteiger partial charge in [-0.3, -0.25) is 0 Å². The molecule has 0 saturated carbocycles. The maximum absolute atomic E-state index is 7.05. The minimum Gasteiger partial charge on any atom is -0.405 e. The standard InChI is InChI=1S/C25H34O4Si/c1-18-22-23(29-25(5,6)28-22)21(27-18)17-26-30(24(2,3)4,19-13-9-7-10-14-19)20-15-11-8-12-16-20/h7-16,18,21-23H,17H2,1-6H3/t18-,21?,22-,23+/m0/s1. The van der Waals surface area contributed by atoms with E-state index in [0.29, 0.717) is 6.61 Å². The van der Waals surface area contributed by atoms with Gasteiger partial charge in [-0.15, -0.1) is 0 Å². The average molecular weight is 427 g/mol. The Morgan fingerprint density at radius 2 is 1.37 bits per heavy atom. The lowest BCUT2D eigenvalue weighted by molar-refractivity contribution is -0.187. The van der Waals surface area contributed by atoms with Gasteiger partial charge in [-0.25, -0.2) is 0 Å². The predicted octanol–water partition coefficient (Wildman–Crippen LogP) is 3.87. The highest BCUT2D eigenvalue weighted by molar-refractivity contribution is 6.99. The van der Waals surface area contributed by atoms with Crippen molar-refractivity contribution in [2.24, 2.45) is 0 Å². The zero-order chi connectivity index (χ0) is 21.6. The topological polar surface area (TPSA) is 36.9 Å². The summed E-state index contributed by atoms with van der Waals surface area (Å²) in [5.41, 5.74) is 0. The van der Waals surface area contributed by atoms with E-state index in [4.69, 9.17) is 18.6 Å². The van der Waals surface area contributed by atoms with Gasteiger partial charge in [0.15, 0.2) is 5.79 Å². The summed E-state index contributed by atoms with van der Waals surface area (Å²) in [6.07, 6.45) is -0.307. The van der Waals surface area contributed by atoms with E-state index in [1.165, 1.54) is 10.4 Å². The maximum Gasteiger partial charge on any atom is 0.261 e. The van der Waals surface area contributed by atoms with Crippen LogP contribution in [0.4, 0.5) is 0 Å². The Morgan fingerprint density at radius 3 is 1.87 bits per heavy atom. The highest BCUT2D eigenvalue weighted by Gasteiger charge is 2.56. The molecule has 0 spiro atoms. The first-order valence-corrected chi connectivity index (χ1v) is 12.8. The third-order valence-electron chi connectivity index (χ3n) is 6.26. The van der Waals surface area contributed by atoms with Gasteiger partial charge >= 0.3 is 0 Å². The molecule has 4 atom stereocenters. The molecule has 0 amide bonds. The van der Waals surface area contributed by atoms with Crippen LogP contribution in [-0.4, -0.2) is 45.1 Å². The van der Waals surface area contributed by atoms with Crippen LogP contribution < -0.4 is 10.4 Å². The van der Waals surface area contributed by atoms with Crippen molar-refractivity contribution in [3.63, 3.8) is 0 Å². The van der Waals surface area contributed by atoms with E-state index in [1.807, 2.05) is 13.8 Å². The van der Waals surface area contributed by atoms with Crippen molar-refractivity contribution in [2.45, 2.75) is 76.8 Å². The van der Waals surface area contributed by atoms with Gasteiger partial charge in [0.25, 0.3) is 8.32 Å². The van der Waals surface area contributed by atoms with Crippen molar-refractivity contribution in [2.75, 3.05) is 6.61 Å². The van der Waals surface area contributed by atoms with Crippen molar-refractivity contribution < 1.29 is 18.6 Å². The van der Waals surface area contributed by atoms with Gasteiger partial charge in [-0.2, -0.15) is 0 Å². The molecular formula is C25H34O4Si. The third-order valence-corrected chi connectivity index (χ3v) is 11.3. The molecule has 4 nitrogen and oxygen atoms in total. The molecule has 0 radical (unpaired) electrons. The number of hydrogen-bond donors (Lipinski definition) is 0. The second kappa shape index (κ2) is 7.88. The highest BCUT2D eigenvalue weighted by atomic mass is 28.4. The Kier molecular flexibility index (Phi) is 5.70. The zero-order valence-corrected chi connectivity index (χ0v) is 19.9. The van der Waals surface area contributed by atoms with Crippen LogP contribution in [0.5, 0.6) is 0 Å². The van der Waals surface area contributed by atoms with E-state index in [1.54, 1.807) is 0 Å². The number of hydrogen-bond acceptors (Lipinski definition) is 4. The minimum absolute atomic E-state index is 0.00970. The monoisotopic (exact) mass is 426 g/mol. The molecule has 0 aromatic heterocycles. The Hall–Kier alpha value is -1.50. The molecule has 1 unspecified atom stereocenters. The van der Waals surface area contributed by atoms with Crippen molar-refractivity contribution in [3.8, 4) is 0 Å². The average Bonchev–Trinajstić information content (AvgIpc) is 3.17. The van der Waals surface area contributed by atoms with E-state index in [9.17, 15) is 0 Å². The quantitative estimate of drug-likeness (QED) is 0.680. The summed E-state index contributed by atoms with van der Waals surface area (Å²) in [6.45, 7) is 13.4. The number of benzene rings is 2. The first-order chi connectivity index (χ1) is 14.1. The van der Waals surface area contributed by atoms with Crippen molar-refractivity contribution >= 4 is 18.7 Å². The molecule has 2 heterocycles. The Morgan fingerprint density at radius 1 is 0.867 bits per heavy atom. The van der Waals surface area contributed by atoms with E-state index >= 15 is 0 Å². The van der Waals surface area contributed by atoms with E-state index in [0.717, 1.165) is 0 Å². The van der Waals surface area contributed by atoms with Crippen molar-refractivity contribution in [3.05, 3.63) is 60.7 Å². The van der Waals surface area contributed by atoms with Crippen LogP contribution in [0, 0.1) is 0 Å². The molecule has 2 aromatic carbocycles. The SMILES string of the molecule is C[C@@H]1OC(CO[Si](c2ccccc2)(c2ccccc2)C(C)(C)C)[C@H]2OC(C)(C)O[C@@H]12. The number of ether oxygens (including phenoxy) is 3. The highest BCUT2D eigenvalue weighted by Crippen LogP contribution is 2.41. The molecular weight excluding hydrogens is 392 g/mol. The Labute approximate surface area is 181 Å². The van der Waals surface area contributed by atoms with E-state index in [-0.39, 0.29) is 29.5 Å². The maximum atomic E-state index is 7.05. The van der Waals surface area contributed by atoms with Gasteiger partial charge in [0.05, 0.1) is 12.7 Å². The van der Waals surface area contributed by atoms with E-state index in [2.05, 4.69) is 88.4 Å². The van der Waals surface area contributed by atoms with E-state index < -0.39 is 14.1 Å². The molecule has 2 aromatic rings. The molecule has 2 saturated heterocycles. The number of rotatable bonds is 5. The molecule has 162 valence electrons. The van der Waals surface area contributed by atoms with Gasteiger partial charge in [0.1, 0.15) is 18.3 Å². The summed E-state index contributed by atoms with van der Waals surface area (Å²) in [7, 11) is -2.59. The summed E-state index contributed by atoms with van der Waals surface area (Å²) in [6, 6.07) is 21.4. The van der Waals surface area contributed by atoms with Crippen LogP contribution in [0.25, 0.3) is 0 Å². The first kappa shape index (κ1) is 21.7. The van der Waals surface area contributed by atoms with Crippen LogP contribution >= 0.6 is 0 Å². The lowest BCUT2D eigenvalue weighted by atomic mass is 10.1. The number of fused-ring (bicyclic) bond motifs is 1. The lowest BCUT2D eigenvalue weighted by Gasteiger charge is -2.43. The van der Waals surface area contributed by atoms with Crippen molar-refractivity contribution in [1.29, 1.82) is 0 Å². The van der Waals surface area contributed by atoms with Crippen LogP contribution in [0.15, 0.2) is 60.7 Å². The third kappa shape index (κ3) is 3.78.